The fourth-order valence-electron chi connectivity index (χ4n) is 4.14. The van der Waals surface area contributed by atoms with Crippen molar-refractivity contribution in [1.29, 1.82) is 0 Å². The molecular weight excluding hydrogens is 424 g/mol. The lowest BCUT2D eigenvalue weighted by molar-refractivity contribution is 0.409. The van der Waals surface area contributed by atoms with Crippen LogP contribution in [0.4, 0.5) is 0 Å². The molecule has 34 heavy (non-hydrogen) atoms. The Morgan fingerprint density at radius 3 is 1.35 bits per heavy atom. The van der Waals surface area contributed by atoms with E-state index >= 15 is 0 Å². The van der Waals surface area contributed by atoms with Crippen molar-refractivity contribution < 1.29 is 20.1 Å². The number of ether oxygens (including phenoxy) is 1. The second-order valence-corrected chi connectivity index (χ2v) is 9.65. The van der Waals surface area contributed by atoms with E-state index in [9.17, 15) is 15.3 Å². The molecule has 3 N–H and O–H groups in total. The summed E-state index contributed by atoms with van der Waals surface area (Å²) in [4.78, 5) is 0. The fourth-order valence-corrected chi connectivity index (χ4v) is 4.14. The third-order valence-corrected chi connectivity index (χ3v) is 6.66. The first kappa shape index (κ1) is 23.2. The zero-order chi connectivity index (χ0) is 24.5. The molecule has 0 aromatic heterocycles. The van der Waals surface area contributed by atoms with Crippen molar-refractivity contribution in [2.75, 3.05) is 0 Å². The summed E-state index contributed by atoms with van der Waals surface area (Å²) in [6.07, 6.45) is 0. The first-order valence-corrected chi connectivity index (χ1v) is 11.3. The summed E-state index contributed by atoms with van der Waals surface area (Å²) in [6.45, 7) is 8.46. The molecule has 0 heterocycles. The molecule has 0 aliphatic carbocycles. The Labute approximate surface area is 200 Å². The molecule has 174 valence electrons. The van der Waals surface area contributed by atoms with Crippen molar-refractivity contribution in [2.45, 2.75) is 38.5 Å². The SMILES string of the molecule is CC(C)(c1ccc(O)cc1)c1ccc(Oc2cc(C(C)(C)c3ccc(O)cc3)ccc2O)cc1. The van der Waals surface area contributed by atoms with E-state index in [0.29, 0.717) is 11.5 Å². The summed E-state index contributed by atoms with van der Waals surface area (Å²) in [5.41, 5.74) is 3.64. The third kappa shape index (κ3) is 4.58. The Bertz CT molecular complexity index is 1270. The lowest BCUT2D eigenvalue weighted by atomic mass is 9.78. The molecule has 0 aliphatic rings. The predicted octanol–water partition coefficient (Wildman–Crippen LogP) is 7.25. The summed E-state index contributed by atoms with van der Waals surface area (Å²) >= 11 is 0. The average molecular weight is 455 g/mol. The zero-order valence-corrected chi connectivity index (χ0v) is 19.9. The first-order chi connectivity index (χ1) is 16.1. The lowest BCUT2D eigenvalue weighted by Crippen LogP contribution is -2.18. The van der Waals surface area contributed by atoms with Gasteiger partial charge in [-0.1, -0.05) is 70.2 Å². The second-order valence-electron chi connectivity index (χ2n) is 9.65. The molecule has 4 aromatic carbocycles. The zero-order valence-electron chi connectivity index (χ0n) is 19.9. The number of aromatic hydroxyl groups is 3. The van der Waals surface area contributed by atoms with Gasteiger partial charge < -0.3 is 20.1 Å². The largest absolute Gasteiger partial charge is 0.508 e. The van der Waals surface area contributed by atoms with Gasteiger partial charge in [0.15, 0.2) is 11.5 Å². The second kappa shape index (κ2) is 8.79. The van der Waals surface area contributed by atoms with E-state index in [4.69, 9.17) is 4.74 Å². The Morgan fingerprint density at radius 2 is 0.882 bits per heavy atom. The molecule has 0 aliphatic heterocycles. The van der Waals surface area contributed by atoms with Crippen LogP contribution in [0.1, 0.15) is 49.9 Å². The summed E-state index contributed by atoms with van der Waals surface area (Å²) < 4.78 is 6.07. The van der Waals surface area contributed by atoms with Gasteiger partial charge in [0.1, 0.15) is 17.2 Å². The van der Waals surface area contributed by atoms with Gasteiger partial charge in [-0.15, -0.1) is 0 Å². The van der Waals surface area contributed by atoms with Crippen LogP contribution in [0.2, 0.25) is 0 Å². The molecule has 4 rings (SSSR count). The Balaban J connectivity index is 1.58. The van der Waals surface area contributed by atoms with Crippen LogP contribution in [0.5, 0.6) is 28.7 Å². The van der Waals surface area contributed by atoms with Gasteiger partial charge in [-0.25, -0.2) is 0 Å². The van der Waals surface area contributed by atoms with Crippen LogP contribution in [-0.4, -0.2) is 15.3 Å². The molecular formula is C30H30O4. The number of phenolic OH excluding ortho intramolecular Hbond substituents is 3. The summed E-state index contributed by atoms with van der Waals surface area (Å²) in [6, 6.07) is 27.6. The summed E-state index contributed by atoms with van der Waals surface area (Å²) in [5.74, 6) is 1.55. The van der Waals surface area contributed by atoms with Gasteiger partial charge in [-0.3, -0.25) is 0 Å². The molecule has 4 nitrogen and oxygen atoms in total. The van der Waals surface area contributed by atoms with E-state index in [1.54, 1.807) is 30.3 Å². The number of rotatable bonds is 6. The standard InChI is InChI=1S/C30H30O4/c1-29(2,20-5-12-24(31)13-6-20)22-9-16-26(17-10-22)34-28-19-23(11-18-27(28)33)30(3,4)21-7-14-25(32)15-8-21/h5-19,31-33H,1-4H3. The first-order valence-electron chi connectivity index (χ1n) is 11.3. The fraction of sp³-hybridized carbons (Fsp3) is 0.200. The maximum atomic E-state index is 10.4. The van der Waals surface area contributed by atoms with E-state index < -0.39 is 0 Å². The van der Waals surface area contributed by atoms with Crippen LogP contribution in [0.3, 0.4) is 0 Å². The Morgan fingerprint density at radius 1 is 0.500 bits per heavy atom. The summed E-state index contributed by atoms with van der Waals surface area (Å²) in [5, 5.41) is 29.7. The van der Waals surface area contributed by atoms with Crippen molar-refractivity contribution in [3.8, 4) is 28.7 Å². The third-order valence-electron chi connectivity index (χ3n) is 6.66. The topological polar surface area (TPSA) is 69.9 Å². The molecule has 4 aromatic rings. The maximum absolute atomic E-state index is 10.4. The van der Waals surface area contributed by atoms with Crippen molar-refractivity contribution in [3.63, 3.8) is 0 Å². The number of phenols is 3. The molecule has 0 fully saturated rings. The minimum absolute atomic E-state index is 0.0683. The lowest BCUT2D eigenvalue weighted by Gasteiger charge is -2.27. The minimum atomic E-state index is -0.350. The smallest absolute Gasteiger partial charge is 0.169 e. The molecule has 0 spiro atoms. The van der Waals surface area contributed by atoms with E-state index in [2.05, 4.69) is 27.7 Å². The number of hydrogen-bond donors (Lipinski definition) is 3. The minimum Gasteiger partial charge on any atom is -0.508 e. The van der Waals surface area contributed by atoms with Crippen LogP contribution in [0.25, 0.3) is 0 Å². The molecule has 0 radical (unpaired) electrons. The van der Waals surface area contributed by atoms with Gasteiger partial charge in [0, 0.05) is 10.8 Å². The molecule has 0 atom stereocenters. The van der Waals surface area contributed by atoms with Gasteiger partial charge in [-0.2, -0.15) is 0 Å². The molecule has 0 amide bonds. The quantitative estimate of drug-likeness (QED) is 0.287. The van der Waals surface area contributed by atoms with Gasteiger partial charge in [0.2, 0.25) is 0 Å². The van der Waals surface area contributed by atoms with Crippen LogP contribution in [-0.2, 0) is 10.8 Å². The molecule has 0 saturated heterocycles. The van der Waals surface area contributed by atoms with Gasteiger partial charge >= 0.3 is 0 Å². The predicted molar refractivity (Wildman–Crippen MR) is 135 cm³/mol. The highest BCUT2D eigenvalue weighted by atomic mass is 16.5. The monoisotopic (exact) mass is 454 g/mol. The molecule has 0 unspecified atom stereocenters. The number of hydrogen-bond acceptors (Lipinski definition) is 4. The highest BCUT2D eigenvalue weighted by molar-refractivity contribution is 5.50. The van der Waals surface area contributed by atoms with E-state index in [1.807, 2.05) is 60.7 Å². The Kier molecular flexibility index (Phi) is 6.01. The number of benzene rings is 4. The van der Waals surface area contributed by atoms with Crippen molar-refractivity contribution in [1.82, 2.24) is 0 Å². The average Bonchev–Trinajstić information content (AvgIpc) is 2.81. The van der Waals surface area contributed by atoms with Crippen molar-refractivity contribution >= 4 is 0 Å². The van der Waals surface area contributed by atoms with Crippen LogP contribution in [0.15, 0.2) is 91.0 Å². The molecule has 0 saturated carbocycles. The van der Waals surface area contributed by atoms with Crippen LogP contribution < -0.4 is 4.74 Å². The normalized spacial score (nSPS) is 11.9. The van der Waals surface area contributed by atoms with Gasteiger partial charge in [-0.05, 0) is 70.8 Å². The van der Waals surface area contributed by atoms with E-state index in [1.165, 1.54) is 0 Å². The molecule has 0 bridgehead atoms. The maximum Gasteiger partial charge on any atom is 0.169 e. The van der Waals surface area contributed by atoms with Crippen LogP contribution >= 0.6 is 0 Å². The van der Waals surface area contributed by atoms with Crippen LogP contribution in [0, 0.1) is 0 Å². The Hall–Kier alpha value is -3.92. The van der Waals surface area contributed by atoms with Gasteiger partial charge in [0.25, 0.3) is 0 Å². The van der Waals surface area contributed by atoms with E-state index in [0.717, 1.165) is 22.3 Å². The van der Waals surface area contributed by atoms with Crippen molar-refractivity contribution in [2.24, 2.45) is 0 Å². The van der Waals surface area contributed by atoms with Crippen molar-refractivity contribution in [3.05, 3.63) is 113 Å². The summed E-state index contributed by atoms with van der Waals surface area (Å²) in [7, 11) is 0. The highest BCUT2D eigenvalue weighted by Crippen LogP contribution is 2.39. The van der Waals surface area contributed by atoms with E-state index in [-0.39, 0.29) is 28.1 Å². The molecule has 4 heteroatoms. The highest BCUT2D eigenvalue weighted by Gasteiger charge is 2.25. The van der Waals surface area contributed by atoms with Gasteiger partial charge in [0.05, 0.1) is 0 Å².